The summed E-state index contributed by atoms with van der Waals surface area (Å²) < 4.78 is 0. The highest BCUT2D eigenvalue weighted by Gasteiger charge is 2.31. The third-order valence-corrected chi connectivity index (χ3v) is 5.17. The van der Waals surface area contributed by atoms with Gasteiger partial charge >= 0.3 is 0 Å². The second kappa shape index (κ2) is 6.76. The molecule has 1 nitrogen and oxygen atoms in total. The number of hydrogen-bond acceptors (Lipinski definition) is 1. The van der Waals surface area contributed by atoms with Crippen LogP contribution in [0, 0.1) is 18.8 Å². The van der Waals surface area contributed by atoms with E-state index in [9.17, 15) is 0 Å². The van der Waals surface area contributed by atoms with Crippen LogP contribution >= 0.6 is 0 Å². The molecule has 2 saturated carbocycles. The first kappa shape index (κ1) is 14.1. The standard InChI is InChI=1S/C19H29N/c1-15-7-9-17(10-8-15)19(18-11-12-18)20-14-13-16-5-3-2-4-6-16/h7-10,16,18-20H,2-6,11-14H2,1H3. The van der Waals surface area contributed by atoms with Gasteiger partial charge in [-0.1, -0.05) is 61.9 Å². The van der Waals surface area contributed by atoms with Gasteiger partial charge in [-0.15, -0.1) is 0 Å². The molecule has 1 N–H and O–H groups in total. The van der Waals surface area contributed by atoms with Crippen molar-refractivity contribution in [3.8, 4) is 0 Å². The van der Waals surface area contributed by atoms with Gasteiger partial charge in [0.1, 0.15) is 0 Å². The third kappa shape index (κ3) is 3.85. The Morgan fingerprint density at radius 2 is 1.70 bits per heavy atom. The van der Waals surface area contributed by atoms with E-state index in [0.29, 0.717) is 6.04 Å². The van der Waals surface area contributed by atoms with E-state index in [0.717, 1.165) is 11.8 Å². The van der Waals surface area contributed by atoms with Crippen LogP contribution in [0.15, 0.2) is 24.3 Å². The van der Waals surface area contributed by atoms with E-state index in [2.05, 4.69) is 36.5 Å². The molecule has 0 heterocycles. The summed E-state index contributed by atoms with van der Waals surface area (Å²) in [4.78, 5) is 0. The molecule has 0 bridgehead atoms. The number of aryl methyl sites for hydroxylation is 1. The van der Waals surface area contributed by atoms with Gasteiger partial charge in [-0.25, -0.2) is 0 Å². The summed E-state index contributed by atoms with van der Waals surface area (Å²) >= 11 is 0. The molecular formula is C19H29N. The Morgan fingerprint density at radius 1 is 1.00 bits per heavy atom. The van der Waals surface area contributed by atoms with Crippen LogP contribution < -0.4 is 5.32 Å². The van der Waals surface area contributed by atoms with Gasteiger partial charge in [0.05, 0.1) is 0 Å². The number of rotatable bonds is 6. The summed E-state index contributed by atoms with van der Waals surface area (Å²) in [5.74, 6) is 1.89. The molecule has 0 aliphatic heterocycles. The average Bonchev–Trinajstić information content (AvgIpc) is 3.31. The fourth-order valence-electron chi connectivity index (χ4n) is 3.68. The van der Waals surface area contributed by atoms with E-state index in [1.807, 2.05) is 0 Å². The Bertz CT molecular complexity index is 398. The lowest BCUT2D eigenvalue weighted by Crippen LogP contribution is -2.26. The Hall–Kier alpha value is -0.820. The fourth-order valence-corrected chi connectivity index (χ4v) is 3.68. The summed E-state index contributed by atoms with van der Waals surface area (Å²) in [5, 5.41) is 3.86. The minimum atomic E-state index is 0.610. The van der Waals surface area contributed by atoms with Crippen LogP contribution in [-0.2, 0) is 0 Å². The molecule has 110 valence electrons. The van der Waals surface area contributed by atoms with Crippen LogP contribution in [0.1, 0.15) is 68.5 Å². The number of hydrogen-bond donors (Lipinski definition) is 1. The predicted octanol–water partition coefficient (Wildman–Crippen LogP) is 5.01. The number of benzene rings is 1. The lowest BCUT2D eigenvalue weighted by molar-refractivity contribution is 0.324. The smallest absolute Gasteiger partial charge is 0.0348 e. The third-order valence-electron chi connectivity index (χ3n) is 5.17. The monoisotopic (exact) mass is 271 g/mol. The quantitative estimate of drug-likeness (QED) is 0.767. The maximum Gasteiger partial charge on any atom is 0.0348 e. The van der Waals surface area contributed by atoms with Gasteiger partial charge in [-0.05, 0) is 50.1 Å². The van der Waals surface area contributed by atoms with Crippen molar-refractivity contribution >= 4 is 0 Å². The summed E-state index contributed by atoms with van der Waals surface area (Å²) in [6, 6.07) is 9.78. The maximum absolute atomic E-state index is 3.86. The molecule has 2 aliphatic carbocycles. The van der Waals surface area contributed by atoms with Gasteiger partial charge in [-0.2, -0.15) is 0 Å². The zero-order chi connectivity index (χ0) is 13.8. The Labute approximate surface area is 124 Å². The van der Waals surface area contributed by atoms with E-state index < -0.39 is 0 Å². The second-order valence-electron chi connectivity index (χ2n) is 6.97. The van der Waals surface area contributed by atoms with Gasteiger partial charge in [0, 0.05) is 6.04 Å². The van der Waals surface area contributed by atoms with E-state index in [4.69, 9.17) is 0 Å². The zero-order valence-electron chi connectivity index (χ0n) is 12.9. The molecule has 1 aromatic rings. The summed E-state index contributed by atoms with van der Waals surface area (Å²) in [5.41, 5.74) is 2.87. The number of nitrogens with one attached hydrogen (secondary N) is 1. The van der Waals surface area contributed by atoms with Crippen LogP contribution in [0.5, 0.6) is 0 Å². The van der Waals surface area contributed by atoms with Gasteiger partial charge in [0.15, 0.2) is 0 Å². The topological polar surface area (TPSA) is 12.0 Å². The highest BCUT2D eigenvalue weighted by molar-refractivity contribution is 5.25. The van der Waals surface area contributed by atoms with E-state index >= 15 is 0 Å². The molecule has 1 aromatic carbocycles. The van der Waals surface area contributed by atoms with Crippen molar-refractivity contribution in [2.75, 3.05) is 6.54 Å². The lowest BCUT2D eigenvalue weighted by atomic mass is 9.87. The van der Waals surface area contributed by atoms with E-state index in [-0.39, 0.29) is 0 Å². The molecule has 0 spiro atoms. The van der Waals surface area contributed by atoms with Gasteiger partial charge in [-0.3, -0.25) is 0 Å². The van der Waals surface area contributed by atoms with Crippen LogP contribution in [0.4, 0.5) is 0 Å². The molecular weight excluding hydrogens is 242 g/mol. The summed E-state index contributed by atoms with van der Waals surface area (Å²) in [6.07, 6.45) is 11.6. The minimum absolute atomic E-state index is 0.610. The average molecular weight is 271 g/mol. The Kier molecular flexibility index (Phi) is 4.77. The molecule has 1 unspecified atom stereocenters. The lowest BCUT2D eigenvalue weighted by Gasteiger charge is -2.24. The van der Waals surface area contributed by atoms with Crippen LogP contribution in [0.25, 0.3) is 0 Å². The molecule has 0 saturated heterocycles. The van der Waals surface area contributed by atoms with Crippen molar-refractivity contribution in [3.05, 3.63) is 35.4 Å². The second-order valence-corrected chi connectivity index (χ2v) is 6.97. The van der Waals surface area contributed by atoms with E-state index in [1.165, 1.54) is 69.0 Å². The van der Waals surface area contributed by atoms with Crippen molar-refractivity contribution in [1.29, 1.82) is 0 Å². The molecule has 1 atom stereocenters. The zero-order valence-corrected chi connectivity index (χ0v) is 12.9. The highest BCUT2D eigenvalue weighted by atomic mass is 14.9. The SMILES string of the molecule is Cc1ccc(C(NCCC2CCCCC2)C2CC2)cc1. The van der Waals surface area contributed by atoms with Crippen molar-refractivity contribution in [2.45, 2.75) is 64.3 Å². The largest absolute Gasteiger partial charge is 0.310 e. The molecule has 3 rings (SSSR count). The fraction of sp³-hybridized carbons (Fsp3) is 0.684. The molecule has 2 fully saturated rings. The van der Waals surface area contributed by atoms with Crippen LogP contribution in [0.3, 0.4) is 0 Å². The first-order valence-electron chi connectivity index (χ1n) is 8.63. The normalized spacial score (nSPS) is 21.9. The predicted molar refractivity (Wildman–Crippen MR) is 85.8 cm³/mol. The first-order valence-corrected chi connectivity index (χ1v) is 8.63. The van der Waals surface area contributed by atoms with Gasteiger partial charge in [0.25, 0.3) is 0 Å². The minimum Gasteiger partial charge on any atom is -0.310 e. The molecule has 20 heavy (non-hydrogen) atoms. The van der Waals surface area contributed by atoms with Crippen molar-refractivity contribution in [3.63, 3.8) is 0 Å². The Balaban J connectivity index is 1.51. The van der Waals surface area contributed by atoms with Crippen molar-refractivity contribution in [1.82, 2.24) is 5.32 Å². The van der Waals surface area contributed by atoms with Crippen molar-refractivity contribution < 1.29 is 0 Å². The molecule has 0 aromatic heterocycles. The summed E-state index contributed by atoms with van der Waals surface area (Å²) in [6.45, 7) is 3.38. The highest BCUT2D eigenvalue weighted by Crippen LogP contribution is 2.41. The van der Waals surface area contributed by atoms with Crippen molar-refractivity contribution in [2.24, 2.45) is 11.8 Å². The molecule has 2 aliphatic rings. The molecule has 0 radical (unpaired) electrons. The Morgan fingerprint density at radius 3 is 2.35 bits per heavy atom. The molecule has 1 heteroatoms. The molecule has 0 amide bonds. The maximum atomic E-state index is 3.86. The first-order chi connectivity index (χ1) is 9.83. The van der Waals surface area contributed by atoms with E-state index in [1.54, 1.807) is 0 Å². The summed E-state index contributed by atoms with van der Waals surface area (Å²) in [7, 11) is 0. The van der Waals surface area contributed by atoms with Crippen LogP contribution in [0.2, 0.25) is 0 Å². The van der Waals surface area contributed by atoms with Gasteiger partial charge in [0.2, 0.25) is 0 Å². The van der Waals surface area contributed by atoms with Gasteiger partial charge < -0.3 is 5.32 Å². The van der Waals surface area contributed by atoms with Crippen LogP contribution in [-0.4, -0.2) is 6.54 Å².